The smallest absolute Gasteiger partial charge is 0.345 e. The van der Waals surface area contributed by atoms with Crippen LogP contribution in [0.25, 0.3) is 0 Å². The number of carbonyl (C=O) groups is 3. The number of ketones is 1. The van der Waals surface area contributed by atoms with Crippen LogP contribution in [0.3, 0.4) is 0 Å². The van der Waals surface area contributed by atoms with E-state index in [2.05, 4.69) is 5.32 Å². The maximum absolute atomic E-state index is 13.2. The molecule has 1 unspecified atom stereocenters. The number of anilines is 1. The van der Waals surface area contributed by atoms with Gasteiger partial charge in [-0.15, -0.1) is 0 Å². The fourth-order valence-corrected chi connectivity index (χ4v) is 3.33. The summed E-state index contributed by atoms with van der Waals surface area (Å²) >= 11 is 0. The quantitative estimate of drug-likeness (QED) is 0.339. The lowest BCUT2D eigenvalue weighted by Crippen LogP contribution is -2.28. The lowest BCUT2D eigenvalue weighted by molar-refractivity contribution is -0.156. The zero-order valence-electron chi connectivity index (χ0n) is 20.0. The number of hydrogen-bond donors (Lipinski definition) is 1. The zero-order valence-corrected chi connectivity index (χ0v) is 20.0. The van der Waals surface area contributed by atoms with Gasteiger partial charge in [0.05, 0.1) is 19.9 Å². The van der Waals surface area contributed by atoms with Crippen LogP contribution in [0.4, 0.5) is 5.69 Å². The molecule has 0 saturated heterocycles. The Kier molecular flexibility index (Phi) is 8.45. The standard InChI is InChI=1S/C27H27NO7/c1-17-10-12-22(32-3)21(14-17)28-27(31)26(19-8-6-5-7-9-19)35-25(30)16-34-23-13-11-20(18(2)29)15-24(23)33-4/h5-15,26H,16H2,1-4H3,(H,28,31). The predicted molar refractivity (Wildman–Crippen MR) is 130 cm³/mol. The Balaban J connectivity index is 1.76. The third-order valence-electron chi connectivity index (χ3n) is 5.12. The van der Waals surface area contributed by atoms with Crippen LogP contribution >= 0.6 is 0 Å². The van der Waals surface area contributed by atoms with E-state index in [1.165, 1.54) is 33.3 Å². The van der Waals surface area contributed by atoms with Gasteiger partial charge in [0.2, 0.25) is 6.10 Å². The molecule has 182 valence electrons. The fraction of sp³-hybridized carbons (Fsp3) is 0.222. The Morgan fingerprint density at radius 2 is 1.54 bits per heavy atom. The Morgan fingerprint density at radius 1 is 0.857 bits per heavy atom. The number of amides is 1. The van der Waals surface area contributed by atoms with Gasteiger partial charge in [0.15, 0.2) is 23.9 Å². The van der Waals surface area contributed by atoms with E-state index in [4.69, 9.17) is 18.9 Å². The Hall–Kier alpha value is -4.33. The number of aryl methyl sites for hydroxylation is 1. The van der Waals surface area contributed by atoms with Crippen molar-refractivity contribution in [2.45, 2.75) is 20.0 Å². The van der Waals surface area contributed by atoms with Gasteiger partial charge >= 0.3 is 5.97 Å². The number of methoxy groups -OCH3 is 2. The summed E-state index contributed by atoms with van der Waals surface area (Å²) in [5.74, 6) is -0.392. The van der Waals surface area contributed by atoms with Crippen LogP contribution < -0.4 is 19.5 Å². The Labute approximate surface area is 203 Å². The summed E-state index contributed by atoms with van der Waals surface area (Å²) in [6.45, 7) is 2.85. The van der Waals surface area contributed by atoms with Gasteiger partial charge in [0.25, 0.3) is 5.91 Å². The number of ether oxygens (including phenoxy) is 4. The minimum Gasteiger partial charge on any atom is -0.495 e. The van der Waals surface area contributed by atoms with Crippen LogP contribution in [0.15, 0.2) is 66.7 Å². The average Bonchev–Trinajstić information content (AvgIpc) is 2.86. The van der Waals surface area contributed by atoms with Gasteiger partial charge in [-0.3, -0.25) is 9.59 Å². The predicted octanol–water partition coefficient (Wildman–Crippen LogP) is 4.52. The van der Waals surface area contributed by atoms with E-state index in [0.717, 1.165) is 5.56 Å². The molecule has 3 rings (SSSR count). The van der Waals surface area contributed by atoms with Crippen LogP contribution in [0.5, 0.6) is 17.2 Å². The first-order valence-electron chi connectivity index (χ1n) is 10.8. The van der Waals surface area contributed by atoms with Gasteiger partial charge in [-0.25, -0.2) is 4.79 Å². The minimum atomic E-state index is -1.22. The fourth-order valence-electron chi connectivity index (χ4n) is 3.33. The molecule has 0 fully saturated rings. The summed E-state index contributed by atoms with van der Waals surface area (Å²) in [6, 6.07) is 18.7. The molecule has 0 bridgehead atoms. The van der Waals surface area contributed by atoms with Crippen molar-refractivity contribution in [1.29, 1.82) is 0 Å². The van der Waals surface area contributed by atoms with E-state index in [1.807, 2.05) is 13.0 Å². The van der Waals surface area contributed by atoms with E-state index in [9.17, 15) is 14.4 Å². The third kappa shape index (κ3) is 6.60. The van der Waals surface area contributed by atoms with Crippen LogP contribution in [-0.4, -0.2) is 38.5 Å². The lowest BCUT2D eigenvalue weighted by Gasteiger charge is -2.19. The van der Waals surface area contributed by atoms with E-state index in [0.29, 0.717) is 28.3 Å². The molecule has 35 heavy (non-hydrogen) atoms. The van der Waals surface area contributed by atoms with E-state index in [1.54, 1.807) is 48.5 Å². The first-order chi connectivity index (χ1) is 16.8. The number of nitrogens with one attached hydrogen (secondary N) is 1. The van der Waals surface area contributed by atoms with Gasteiger partial charge in [0, 0.05) is 11.1 Å². The van der Waals surface area contributed by atoms with Gasteiger partial charge in [-0.2, -0.15) is 0 Å². The molecule has 0 aromatic heterocycles. The molecule has 0 spiro atoms. The van der Waals surface area contributed by atoms with Gasteiger partial charge in [0.1, 0.15) is 5.75 Å². The minimum absolute atomic E-state index is 0.129. The topological polar surface area (TPSA) is 100 Å². The van der Waals surface area contributed by atoms with Crippen molar-refractivity contribution in [3.05, 3.63) is 83.4 Å². The number of esters is 1. The number of carbonyl (C=O) groups excluding carboxylic acids is 3. The molecule has 3 aromatic carbocycles. The molecule has 0 heterocycles. The summed E-state index contributed by atoms with van der Waals surface area (Å²) in [7, 11) is 2.93. The van der Waals surface area contributed by atoms with Gasteiger partial charge in [-0.05, 0) is 49.7 Å². The van der Waals surface area contributed by atoms with Crippen molar-refractivity contribution in [2.75, 3.05) is 26.1 Å². The largest absolute Gasteiger partial charge is 0.495 e. The molecule has 3 aromatic rings. The Bertz CT molecular complexity index is 1210. The number of rotatable bonds is 10. The van der Waals surface area contributed by atoms with Crippen molar-refractivity contribution in [3.63, 3.8) is 0 Å². The second kappa shape index (κ2) is 11.7. The summed E-state index contributed by atoms with van der Waals surface area (Å²) in [6.07, 6.45) is -1.22. The summed E-state index contributed by atoms with van der Waals surface area (Å²) < 4.78 is 21.6. The van der Waals surface area contributed by atoms with Crippen LogP contribution in [0, 0.1) is 6.92 Å². The average molecular weight is 478 g/mol. The van der Waals surface area contributed by atoms with Crippen molar-refractivity contribution in [1.82, 2.24) is 0 Å². The molecule has 1 atom stereocenters. The second-order valence-electron chi connectivity index (χ2n) is 7.68. The lowest BCUT2D eigenvalue weighted by atomic mass is 10.1. The summed E-state index contributed by atoms with van der Waals surface area (Å²) in [5, 5.41) is 2.78. The van der Waals surface area contributed by atoms with E-state index < -0.39 is 24.6 Å². The zero-order chi connectivity index (χ0) is 25.4. The highest BCUT2D eigenvalue weighted by molar-refractivity contribution is 5.97. The van der Waals surface area contributed by atoms with Crippen molar-refractivity contribution >= 4 is 23.3 Å². The number of hydrogen-bond acceptors (Lipinski definition) is 7. The molecule has 8 nitrogen and oxygen atoms in total. The van der Waals surface area contributed by atoms with Crippen molar-refractivity contribution in [3.8, 4) is 17.2 Å². The molecule has 1 N–H and O–H groups in total. The second-order valence-corrected chi connectivity index (χ2v) is 7.68. The molecule has 0 aliphatic rings. The molecule has 0 aliphatic carbocycles. The molecule has 0 radical (unpaired) electrons. The first kappa shape index (κ1) is 25.3. The molecule has 0 saturated carbocycles. The molecular weight excluding hydrogens is 450 g/mol. The van der Waals surface area contributed by atoms with Crippen molar-refractivity contribution < 1.29 is 33.3 Å². The third-order valence-corrected chi connectivity index (χ3v) is 5.12. The summed E-state index contributed by atoms with van der Waals surface area (Å²) in [5.41, 5.74) is 2.33. The van der Waals surface area contributed by atoms with Gasteiger partial charge in [-0.1, -0.05) is 36.4 Å². The molecule has 1 amide bonds. The van der Waals surface area contributed by atoms with E-state index >= 15 is 0 Å². The molecule has 8 heteroatoms. The summed E-state index contributed by atoms with van der Waals surface area (Å²) in [4.78, 5) is 37.4. The first-order valence-corrected chi connectivity index (χ1v) is 10.8. The van der Waals surface area contributed by atoms with Crippen LogP contribution in [0.1, 0.15) is 34.5 Å². The van der Waals surface area contributed by atoms with Gasteiger partial charge < -0.3 is 24.3 Å². The SMILES string of the molecule is COc1ccc(C)cc1NC(=O)C(OC(=O)COc1ccc(C(C)=O)cc1OC)c1ccccc1. The van der Waals surface area contributed by atoms with E-state index in [-0.39, 0.29) is 11.5 Å². The maximum Gasteiger partial charge on any atom is 0.345 e. The highest BCUT2D eigenvalue weighted by Gasteiger charge is 2.26. The highest BCUT2D eigenvalue weighted by atomic mass is 16.6. The highest BCUT2D eigenvalue weighted by Crippen LogP contribution is 2.30. The van der Waals surface area contributed by atoms with Crippen LogP contribution in [0.2, 0.25) is 0 Å². The maximum atomic E-state index is 13.2. The number of benzene rings is 3. The normalized spacial score (nSPS) is 11.2. The van der Waals surface area contributed by atoms with Crippen LogP contribution in [-0.2, 0) is 14.3 Å². The monoisotopic (exact) mass is 477 g/mol. The number of Topliss-reactive ketones (excluding diaryl/α,β-unsaturated/α-hetero) is 1. The molecule has 0 aliphatic heterocycles. The van der Waals surface area contributed by atoms with Crippen molar-refractivity contribution in [2.24, 2.45) is 0 Å². The molecular formula is C27H27NO7. The Morgan fingerprint density at radius 3 is 2.20 bits per heavy atom.